The van der Waals surface area contributed by atoms with Crippen molar-refractivity contribution in [3.63, 3.8) is 0 Å². The summed E-state index contributed by atoms with van der Waals surface area (Å²) in [5.41, 5.74) is 1.15. The molecule has 1 unspecified atom stereocenters. The summed E-state index contributed by atoms with van der Waals surface area (Å²) in [5, 5.41) is 3.80. The lowest BCUT2D eigenvalue weighted by atomic mass is 10.0. The highest BCUT2D eigenvalue weighted by Gasteiger charge is 2.16. The Hall–Kier alpha value is -0.770. The van der Waals surface area contributed by atoms with Crippen LogP contribution in [-0.4, -0.2) is 6.54 Å². The molecule has 1 aromatic carbocycles. The maximum Gasteiger partial charge on any atom is 0.193 e. The normalized spacial score (nSPS) is 12.6. The van der Waals surface area contributed by atoms with E-state index in [1.54, 1.807) is 6.07 Å². The second-order valence-electron chi connectivity index (χ2n) is 3.68. The van der Waals surface area contributed by atoms with Gasteiger partial charge in [0.15, 0.2) is 5.22 Å². The fourth-order valence-electron chi connectivity index (χ4n) is 1.73. The van der Waals surface area contributed by atoms with Gasteiger partial charge in [-0.05, 0) is 48.0 Å². The minimum atomic E-state index is 0.0422. The number of benzene rings is 1. The van der Waals surface area contributed by atoms with Gasteiger partial charge >= 0.3 is 0 Å². The van der Waals surface area contributed by atoms with Gasteiger partial charge in [-0.15, -0.1) is 0 Å². The SMILES string of the molecule is CCNC(c1ccc(Br)cc1)c1ccc(Cl)o1. The molecule has 0 aliphatic carbocycles. The molecule has 2 rings (SSSR count). The van der Waals surface area contributed by atoms with Crippen molar-refractivity contribution in [1.29, 1.82) is 0 Å². The minimum Gasteiger partial charge on any atom is -0.448 e. The van der Waals surface area contributed by atoms with Gasteiger partial charge in [0.2, 0.25) is 0 Å². The Bertz CT molecular complexity index is 480. The number of nitrogens with one attached hydrogen (secondary N) is 1. The van der Waals surface area contributed by atoms with Gasteiger partial charge in [-0.25, -0.2) is 0 Å². The first-order valence-electron chi connectivity index (χ1n) is 5.44. The Kier molecular flexibility index (Phi) is 4.26. The molecule has 0 fully saturated rings. The highest BCUT2D eigenvalue weighted by Crippen LogP contribution is 2.26. The largest absolute Gasteiger partial charge is 0.448 e. The van der Waals surface area contributed by atoms with E-state index in [1.807, 2.05) is 18.2 Å². The van der Waals surface area contributed by atoms with Gasteiger partial charge in [-0.3, -0.25) is 0 Å². The number of rotatable bonds is 4. The van der Waals surface area contributed by atoms with Crippen LogP contribution in [0.5, 0.6) is 0 Å². The number of hydrogen-bond donors (Lipinski definition) is 1. The van der Waals surface area contributed by atoms with Crippen LogP contribution in [-0.2, 0) is 0 Å². The molecule has 0 spiro atoms. The van der Waals surface area contributed by atoms with E-state index in [-0.39, 0.29) is 6.04 Å². The molecule has 2 nitrogen and oxygen atoms in total. The summed E-state index contributed by atoms with van der Waals surface area (Å²) in [4.78, 5) is 0. The Labute approximate surface area is 114 Å². The molecule has 17 heavy (non-hydrogen) atoms. The topological polar surface area (TPSA) is 25.2 Å². The molecule has 90 valence electrons. The van der Waals surface area contributed by atoms with Crippen LogP contribution in [0.4, 0.5) is 0 Å². The van der Waals surface area contributed by atoms with Crippen molar-refractivity contribution in [2.24, 2.45) is 0 Å². The molecule has 0 saturated heterocycles. The van der Waals surface area contributed by atoms with Crippen LogP contribution in [0, 0.1) is 0 Å². The van der Waals surface area contributed by atoms with E-state index in [9.17, 15) is 0 Å². The number of furan rings is 1. The molecule has 2 aromatic rings. The molecule has 1 heterocycles. The Morgan fingerprint density at radius 1 is 1.24 bits per heavy atom. The van der Waals surface area contributed by atoms with Gasteiger partial charge in [0.1, 0.15) is 5.76 Å². The molecule has 1 N–H and O–H groups in total. The van der Waals surface area contributed by atoms with E-state index in [0.717, 1.165) is 22.3 Å². The molecule has 0 radical (unpaired) electrons. The Morgan fingerprint density at radius 2 is 1.94 bits per heavy atom. The molecule has 0 bridgehead atoms. The van der Waals surface area contributed by atoms with Gasteiger partial charge in [0.25, 0.3) is 0 Å². The van der Waals surface area contributed by atoms with Crippen LogP contribution in [0.2, 0.25) is 5.22 Å². The Morgan fingerprint density at radius 3 is 2.47 bits per heavy atom. The van der Waals surface area contributed by atoms with Crippen molar-refractivity contribution in [1.82, 2.24) is 5.32 Å². The van der Waals surface area contributed by atoms with Gasteiger partial charge in [-0.1, -0.05) is 35.0 Å². The first-order chi connectivity index (χ1) is 8.20. The van der Waals surface area contributed by atoms with Gasteiger partial charge in [-0.2, -0.15) is 0 Å². The second kappa shape index (κ2) is 5.71. The van der Waals surface area contributed by atoms with E-state index >= 15 is 0 Å². The molecule has 0 saturated carbocycles. The third-order valence-corrected chi connectivity index (χ3v) is 3.22. The number of halogens is 2. The zero-order chi connectivity index (χ0) is 12.3. The Balaban J connectivity index is 2.31. The third kappa shape index (κ3) is 3.12. The highest BCUT2D eigenvalue weighted by molar-refractivity contribution is 9.10. The van der Waals surface area contributed by atoms with E-state index in [1.165, 1.54) is 0 Å². The maximum absolute atomic E-state index is 5.82. The molecular formula is C13H13BrClNO. The van der Waals surface area contributed by atoms with Crippen LogP contribution >= 0.6 is 27.5 Å². The zero-order valence-electron chi connectivity index (χ0n) is 9.41. The zero-order valence-corrected chi connectivity index (χ0v) is 11.8. The van der Waals surface area contributed by atoms with Gasteiger partial charge in [0.05, 0.1) is 6.04 Å². The van der Waals surface area contributed by atoms with Crippen molar-refractivity contribution in [3.05, 3.63) is 57.4 Å². The summed E-state index contributed by atoms with van der Waals surface area (Å²) < 4.78 is 6.54. The molecule has 1 atom stereocenters. The van der Waals surface area contributed by atoms with Crippen molar-refractivity contribution in [2.75, 3.05) is 6.54 Å². The van der Waals surface area contributed by atoms with Crippen molar-refractivity contribution >= 4 is 27.5 Å². The predicted molar refractivity (Wildman–Crippen MR) is 73.4 cm³/mol. The third-order valence-electron chi connectivity index (χ3n) is 2.49. The summed E-state index contributed by atoms with van der Waals surface area (Å²) in [6.07, 6.45) is 0. The van der Waals surface area contributed by atoms with Gasteiger partial charge in [0, 0.05) is 4.47 Å². The van der Waals surface area contributed by atoms with Gasteiger partial charge < -0.3 is 9.73 Å². The summed E-state index contributed by atoms with van der Waals surface area (Å²) in [6.45, 7) is 2.93. The van der Waals surface area contributed by atoms with Crippen LogP contribution in [0.3, 0.4) is 0 Å². The lowest BCUT2D eigenvalue weighted by molar-refractivity contribution is 0.453. The van der Waals surface area contributed by atoms with Crippen LogP contribution in [0.15, 0.2) is 45.3 Å². The molecular weight excluding hydrogens is 302 g/mol. The molecule has 1 aromatic heterocycles. The maximum atomic E-state index is 5.82. The lowest BCUT2D eigenvalue weighted by Gasteiger charge is -2.15. The summed E-state index contributed by atoms with van der Waals surface area (Å²) in [7, 11) is 0. The van der Waals surface area contributed by atoms with E-state index < -0.39 is 0 Å². The van der Waals surface area contributed by atoms with Crippen LogP contribution in [0.25, 0.3) is 0 Å². The first kappa shape index (κ1) is 12.7. The van der Waals surface area contributed by atoms with Crippen molar-refractivity contribution in [2.45, 2.75) is 13.0 Å². The standard InChI is InChI=1S/C13H13BrClNO/c1-2-16-13(11-7-8-12(15)17-11)9-3-5-10(14)6-4-9/h3-8,13,16H,2H2,1H3. The molecule has 0 aliphatic heterocycles. The molecule has 4 heteroatoms. The monoisotopic (exact) mass is 313 g/mol. The smallest absolute Gasteiger partial charge is 0.193 e. The highest BCUT2D eigenvalue weighted by atomic mass is 79.9. The summed E-state index contributed by atoms with van der Waals surface area (Å²) in [5.74, 6) is 0.833. The van der Waals surface area contributed by atoms with E-state index in [0.29, 0.717) is 5.22 Å². The fraction of sp³-hybridized carbons (Fsp3) is 0.231. The average Bonchev–Trinajstić information content (AvgIpc) is 2.74. The molecule has 0 amide bonds. The second-order valence-corrected chi connectivity index (χ2v) is 4.97. The van der Waals surface area contributed by atoms with Crippen molar-refractivity contribution < 1.29 is 4.42 Å². The number of hydrogen-bond acceptors (Lipinski definition) is 2. The first-order valence-corrected chi connectivity index (χ1v) is 6.62. The van der Waals surface area contributed by atoms with Crippen molar-refractivity contribution in [3.8, 4) is 0 Å². The molecule has 0 aliphatic rings. The fourth-order valence-corrected chi connectivity index (χ4v) is 2.14. The van der Waals surface area contributed by atoms with Crippen LogP contribution in [0.1, 0.15) is 24.3 Å². The van der Waals surface area contributed by atoms with E-state index in [2.05, 4.69) is 40.3 Å². The summed E-state index contributed by atoms with van der Waals surface area (Å²) in [6, 6.07) is 11.9. The predicted octanol–water partition coefficient (Wildman–Crippen LogP) is 4.39. The minimum absolute atomic E-state index is 0.0422. The quantitative estimate of drug-likeness (QED) is 0.905. The van der Waals surface area contributed by atoms with Crippen LogP contribution < -0.4 is 5.32 Å². The van der Waals surface area contributed by atoms with E-state index in [4.69, 9.17) is 16.0 Å². The lowest BCUT2D eigenvalue weighted by Crippen LogP contribution is -2.21. The summed E-state index contributed by atoms with van der Waals surface area (Å²) >= 11 is 9.24. The average molecular weight is 315 g/mol.